The monoisotopic (exact) mass is 428 g/mol. The fraction of sp³-hybridized carbons (Fsp3) is 0.259. The summed E-state index contributed by atoms with van der Waals surface area (Å²) in [6.07, 6.45) is 2.96. The molecule has 1 aliphatic heterocycles. The van der Waals surface area contributed by atoms with Gasteiger partial charge in [-0.3, -0.25) is 14.4 Å². The van der Waals surface area contributed by atoms with Gasteiger partial charge in [0.15, 0.2) is 0 Å². The number of hydroxylamine groups is 1. The summed E-state index contributed by atoms with van der Waals surface area (Å²) in [6.45, 7) is 1.72. The van der Waals surface area contributed by atoms with Gasteiger partial charge in [-0.1, -0.05) is 73.2 Å². The van der Waals surface area contributed by atoms with Crippen LogP contribution in [0.3, 0.4) is 0 Å². The minimum Gasteiger partial charge on any atom is -0.334 e. The van der Waals surface area contributed by atoms with Crippen LogP contribution in [0.25, 0.3) is 11.1 Å². The topological polar surface area (TPSA) is 58.6 Å². The van der Waals surface area contributed by atoms with E-state index in [2.05, 4.69) is 23.7 Å². The summed E-state index contributed by atoms with van der Waals surface area (Å²) in [5, 5.41) is 0. The first-order valence-corrected chi connectivity index (χ1v) is 11.1. The Morgan fingerprint density at radius 3 is 2.41 bits per heavy atom. The summed E-state index contributed by atoms with van der Waals surface area (Å²) < 4.78 is 0. The lowest BCUT2D eigenvalue weighted by Crippen LogP contribution is -2.25. The molecule has 0 aromatic heterocycles. The Morgan fingerprint density at radius 1 is 0.875 bits per heavy atom. The molecule has 4 rings (SSSR count). The summed E-state index contributed by atoms with van der Waals surface area (Å²) in [5.74, 6) is -0.00862. The Kier molecular flexibility index (Phi) is 7.31. The number of nitrogens with one attached hydrogen (secondary N) is 1. The molecule has 0 atom stereocenters. The Hall–Kier alpha value is -3.44. The molecule has 0 saturated heterocycles. The Morgan fingerprint density at radius 2 is 1.62 bits per heavy atom. The molecular formula is C27H28N2O3. The zero-order valence-electron chi connectivity index (χ0n) is 18.1. The number of nitrogens with zero attached hydrogens (tertiary/aromatic N) is 1. The highest BCUT2D eigenvalue weighted by molar-refractivity contribution is 5.99. The van der Waals surface area contributed by atoms with Crippen molar-refractivity contribution in [3.8, 4) is 11.1 Å². The maximum atomic E-state index is 12.7. The molecule has 0 fully saturated rings. The van der Waals surface area contributed by atoms with Gasteiger partial charge in [0.1, 0.15) is 0 Å². The van der Waals surface area contributed by atoms with E-state index in [0.29, 0.717) is 26.1 Å². The number of hydrogen-bond acceptors (Lipinski definition) is 3. The number of benzene rings is 3. The van der Waals surface area contributed by atoms with E-state index < -0.39 is 0 Å². The van der Waals surface area contributed by atoms with Crippen LogP contribution in [0, 0.1) is 0 Å². The summed E-state index contributed by atoms with van der Waals surface area (Å²) in [7, 11) is 0. The second-order valence-corrected chi connectivity index (χ2v) is 8.07. The van der Waals surface area contributed by atoms with Gasteiger partial charge in [-0.25, -0.2) is 5.48 Å². The SMILES string of the molecule is O=C(CCCCCN1Cc2cc(-c3ccccc3)ccc2C1=O)NOCc1ccccc1. The molecule has 3 aromatic rings. The van der Waals surface area contributed by atoms with Gasteiger partial charge in [0.2, 0.25) is 5.91 Å². The third kappa shape index (κ3) is 5.62. The lowest BCUT2D eigenvalue weighted by atomic mass is 10.0. The molecule has 3 aromatic carbocycles. The van der Waals surface area contributed by atoms with Crippen LogP contribution in [-0.4, -0.2) is 23.3 Å². The molecule has 0 spiro atoms. The lowest BCUT2D eigenvalue weighted by Gasteiger charge is -2.15. The van der Waals surface area contributed by atoms with Crippen molar-refractivity contribution in [1.29, 1.82) is 0 Å². The molecule has 5 nitrogen and oxygen atoms in total. The molecule has 0 aliphatic carbocycles. The normalized spacial score (nSPS) is 12.6. The van der Waals surface area contributed by atoms with Crippen molar-refractivity contribution in [3.63, 3.8) is 0 Å². The summed E-state index contributed by atoms with van der Waals surface area (Å²) in [6, 6.07) is 26.0. The molecule has 5 heteroatoms. The molecule has 0 saturated carbocycles. The van der Waals surface area contributed by atoms with E-state index >= 15 is 0 Å². The van der Waals surface area contributed by atoms with Crippen molar-refractivity contribution in [1.82, 2.24) is 10.4 Å². The van der Waals surface area contributed by atoms with Gasteiger partial charge in [-0.05, 0) is 47.2 Å². The van der Waals surface area contributed by atoms with Crippen molar-refractivity contribution in [2.75, 3.05) is 6.54 Å². The Labute approximate surface area is 189 Å². The number of fused-ring (bicyclic) bond motifs is 1. The zero-order chi connectivity index (χ0) is 22.2. The number of carbonyl (C=O) groups excluding carboxylic acids is 2. The first kappa shape index (κ1) is 21.8. The van der Waals surface area contributed by atoms with Gasteiger partial charge >= 0.3 is 0 Å². The maximum Gasteiger partial charge on any atom is 0.254 e. The van der Waals surface area contributed by atoms with Crippen molar-refractivity contribution < 1.29 is 14.4 Å². The summed E-state index contributed by atoms with van der Waals surface area (Å²) in [4.78, 5) is 31.8. The maximum absolute atomic E-state index is 12.7. The highest BCUT2D eigenvalue weighted by Gasteiger charge is 2.26. The quantitative estimate of drug-likeness (QED) is 0.360. The zero-order valence-corrected chi connectivity index (χ0v) is 18.1. The fourth-order valence-electron chi connectivity index (χ4n) is 3.96. The minimum atomic E-state index is -0.112. The van der Waals surface area contributed by atoms with Gasteiger partial charge < -0.3 is 4.90 Å². The molecule has 164 valence electrons. The number of carbonyl (C=O) groups is 2. The van der Waals surface area contributed by atoms with Crippen LogP contribution < -0.4 is 5.48 Å². The molecule has 1 heterocycles. The number of amides is 2. The molecule has 2 amide bonds. The van der Waals surface area contributed by atoms with Crippen LogP contribution in [0.2, 0.25) is 0 Å². The van der Waals surface area contributed by atoms with Crippen LogP contribution in [0.1, 0.15) is 47.2 Å². The first-order valence-electron chi connectivity index (χ1n) is 11.1. The smallest absolute Gasteiger partial charge is 0.254 e. The van der Waals surface area contributed by atoms with Crippen molar-refractivity contribution >= 4 is 11.8 Å². The summed E-state index contributed by atoms with van der Waals surface area (Å²) >= 11 is 0. The van der Waals surface area contributed by atoms with E-state index in [1.807, 2.05) is 65.6 Å². The predicted octanol–water partition coefficient (Wildman–Crippen LogP) is 5.12. The number of unbranched alkanes of at least 4 members (excludes halogenated alkanes) is 2. The largest absolute Gasteiger partial charge is 0.334 e. The first-order chi connectivity index (χ1) is 15.7. The highest BCUT2D eigenvalue weighted by Crippen LogP contribution is 2.28. The van der Waals surface area contributed by atoms with Crippen LogP contribution >= 0.6 is 0 Å². The van der Waals surface area contributed by atoms with E-state index in [1.54, 1.807) is 0 Å². The van der Waals surface area contributed by atoms with Gasteiger partial charge in [0.25, 0.3) is 5.91 Å². The van der Waals surface area contributed by atoms with E-state index in [0.717, 1.165) is 47.1 Å². The van der Waals surface area contributed by atoms with Gasteiger partial charge in [0, 0.05) is 25.1 Å². The van der Waals surface area contributed by atoms with E-state index in [1.165, 1.54) is 0 Å². The average molecular weight is 429 g/mol. The van der Waals surface area contributed by atoms with Crippen LogP contribution in [0.15, 0.2) is 78.9 Å². The lowest BCUT2D eigenvalue weighted by molar-refractivity contribution is -0.134. The van der Waals surface area contributed by atoms with Crippen molar-refractivity contribution in [2.24, 2.45) is 0 Å². The summed E-state index contributed by atoms with van der Waals surface area (Å²) in [5.41, 5.74) is 7.70. The number of hydrogen-bond donors (Lipinski definition) is 1. The van der Waals surface area contributed by atoms with Gasteiger partial charge in [0.05, 0.1) is 6.61 Å². The fourth-order valence-corrected chi connectivity index (χ4v) is 3.96. The van der Waals surface area contributed by atoms with Gasteiger partial charge in [-0.2, -0.15) is 0 Å². The van der Waals surface area contributed by atoms with Crippen molar-refractivity contribution in [3.05, 3.63) is 95.6 Å². The standard InChI is InChI=1S/C27H28N2O3/c30-26(28-32-20-21-10-4-1-5-11-21)14-8-3-9-17-29-19-24-18-23(15-16-25(24)27(29)31)22-12-6-2-7-13-22/h1-2,4-7,10-13,15-16,18H,3,8-9,14,17,19-20H2,(H,28,30). The second-order valence-electron chi connectivity index (χ2n) is 8.07. The molecule has 0 unspecified atom stereocenters. The highest BCUT2D eigenvalue weighted by atomic mass is 16.6. The Bertz CT molecular complexity index is 1050. The molecule has 1 N–H and O–H groups in total. The second kappa shape index (κ2) is 10.7. The Balaban J connectivity index is 1.15. The minimum absolute atomic E-state index is 0.103. The van der Waals surface area contributed by atoms with Crippen LogP contribution in [0.5, 0.6) is 0 Å². The van der Waals surface area contributed by atoms with Crippen molar-refractivity contribution in [2.45, 2.75) is 38.8 Å². The van der Waals surface area contributed by atoms with E-state index in [4.69, 9.17) is 4.84 Å². The van der Waals surface area contributed by atoms with Gasteiger partial charge in [-0.15, -0.1) is 0 Å². The third-order valence-electron chi connectivity index (χ3n) is 5.69. The van der Waals surface area contributed by atoms with E-state index in [-0.39, 0.29) is 11.8 Å². The predicted molar refractivity (Wildman–Crippen MR) is 124 cm³/mol. The molecule has 1 aliphatic rings. The molecular weight excluding hydrogens is 400 g/mol. The van der Waals surface area contributed by atoms with E-state index in [9.17, 15) is 9.59 Å². The third-order valence-corrected chi connectivity index (χ3v) is 5.69. The molecule has 0 bridgehead atoms. The molecule has 0 radical (unpaired) electrons. The van der Waals surface area contributed by atoms with Crippen LogP contribution in [0.4, 0.5) is 0 Å². The number of rotatable bonds is 10. The van der Waals surface area contributed by atoms with Crippen LogP contribution in [-0.2, 0) is 22.8 Å². The average Bonchev–Trinajstić information content (AvgIpc) is 3.15. The molecule has 32 heavy (non-hydrogen) atoms.